The molecule has 2 rings (SSSR count). The van der Waals surface area contributed by atoms with E-state index in [0.717, 1.165) is 5.56 Å². The molecule has 2 aromatic carbocycles. The van der Waals surface area contributed by atoms with Crippen LogP contribution >= 0.6 is 24.0 Å². The Bertz CT molecular complexity index is 924. The number of nitrogens with one attached hydrogen (secondary N) is 2. The molecule has 2 aromatic rings. The maximum Gasteiger partial charge on any atom is 0.238 e. The maximum atomic E-state index is 13.2. The van der Waals surface area contributed by atoms with E-state index in [2.05, 4.69) is 15.6 Å². The zero-order valence-corrected chi connectivity index (χ0v) is 20.1. The Morgan fingerprint density at radius 2 is 1.90 bits per heavy atom. The molecule has 4 N–H and O–H groups in total. The van der Waals surface area contributed by atoms with Crippen LogP contribution in [0.3, 0.4) is 0 Å². The van der Waals surface area contributed by atoms with Crippen LogP contribution in [0, 0.1) is 5.82 Å². The van der Waals surface area contributed by atoms with Gasteiger partial charge >= 0.3 is 0 Å². The van der Waals surface area contributed by atoms with Gasteiger partial charge in [-0.1, -0.05) is 18.2 Å². The number of rotatable bonds is 9. The summed E-state index contributed by atoms with van der Waals surface area (Å²) in [6, 6.07) is 12.5. The molecule has 0 spiro atoms. The van der Waals surface area contributed by atoms with Crippen molar-refractivity contribution in [3.63, 3.8) is 0 Å². The minimum absolute atomic E-state index is 0. The second-order valence-corrected chi connectivity index (χ2v) is 8.03. The van der Waals surface area contributed by atoms with Crippen molar-refractivity contribution >= 4 is 40.0 Å². The molecule has 7 nitrogen and oxygen atoms in total. The number of hydrogen-bond acceptors (Lipinski definition) is 4. The van der Waals surface area contributed by atoms with Gasteiger partial charge in [0.2, 0.25) is 10.0 Å². The lowest BCUT2D eigenvalue weighted by atomic mass is 10.1. The van der Waals surface area contributed by atoms with Gasteiger partial charge in [-0.25, -0.2) is 22.9 Å². The molecule has 0 saturated heterocycles. The molecule has 166 valence electrons. The summed E-state index contributed by atoms with van der Waals surface area (Å²) in [7, 11) is -3.68. The van der Waals surface area contributed by atoms with Gasteiger partial charge < -0.3 is 15.4 Å². The van der Waals surface area contributed by atoms with Crippen molar-refractivity contribution in [3.05, 3.63) is 59.9 Å². The first-order chi connectivity index (χ1) is 13.8. The summed E-state index contributed by atoms with van der Waals surface area (Å²) >= 11 is 0. The number of halogens is 2. The number of benzene rings is 2. The number of guanidine groups is 1. The molecule has 0 amide bonds. The molecule has 0 aliphatic heterocycles. The molecule has 0 bridgehead atoms. The normalized spacial score (nSPS) is 12.6. The van der Waals surface area contributed by atoms with Crippen molar-refractivity contribution in [2.24, 2.45) is 10.1 Å². The zero-order valence-electron chi connectivity index (χ0n) is 17.0. The molecule has 0 saturated carbocycles. The first-order valence-electron chi connectivity index (χ1n) is 9.34. The second kappa shape index (κ2) is 12.7. The number of primary sulfonamides is 1. The number of aliphatic imine (C=N–C) groups is 1. The Morgan fingerprint density at radius 1 is 1.20 bits per heavy atom. The van der Waals surface area contributed by atoms with Crippen LogP contribution in [-0.4, -0.2) is 40.1 Å². The Balaban J connectivity index is 0.00000450. The van der Waals surface area contributed by atoms with E-state index in [1.54, 1.807) is 24.3 Å². The Morgan fingerprint density at radius 3 is 2.50 bits per heavy atom. The standard InChI is InChI=1S/C20H27FN4O3S.HI/c1-3-23-20(25-14-15(2)28-18-6-4-5-17(21)13-18)24-12-11-16-7-9-19(10-8-16)29(22,26)27;/h4-10,13,15H,3,11-12,14H2,1-2H3,(H2,22,26,27)(H2,23,24,25);1H. The molecule has 10 heteroatoms. The number of nitrogens with two attached hydrogens (primary N) is 1. The van der Waals surface area contributed by atoms with Gasteiger partial charge in [-0.2, -0.15) is 0 Å². The van der Waals surface area contributed by atoms with Gasteiger partial charge in [0, 0.05) is 19.2 Å². The van der Waals surface area contributed by atoms with Crippen LogP contribution in [0.15, 0.2) is 58.4 Å². The largest absolute Gasteiger partial charge is 0.489 e. The highest BCUT2D eigenvalue weighted by atomic mass is 127. The average Bonchev–Trinajstić information content (AvgIpc) is 2.66. The number of sulfonamides is 1. The molecule has 1 unspecified atom stereocenters. The highest BCUT2D eigenvalue weighted by Crippen LogP contribution is 2.14. The predicted octanol–water partition coefficient (Wildman–Crippen LogP) is 2.66. The molecule has 30 heavy (non-hydrogen) atoms. The van der Waals surface area contributed by atoms with Gasteiger partial charge in [0.15, 0.2) is 5.96 Å². The van der Waals surface area contributed by atoms with Crippen LogP contribution in [0.2, 0.25) is 0 Å². The Labute approximate surface area is 194 Å². The molecule has 0 aliphatic rings. The summed E-state index contributed by atoms with van der Waals surface area (Å²) in [6.07, 6.45) is 0.461. The van der Waals surface area contributed by atoms with E-state index >= 15 is 0 Å². The second-order valence-electron chi connectivity index (χ2n) is 6.47. The highest BCUT2D eigenvalue weighted by molar-refractivity contribution is 14.0. The lowest BCUT2D eigenvalue weighted by molar-refractivity contribution is 0.229. The lowest BCUT2D eigenvalue weighted by Gasteiger charge is -2.15. The minimum Gasteiger partial charge on any atom is -0.489 e. The summed E-state index contributed by atoms with van der Waals surface area (Å²) in [5.41, 5.74) is 0.976. The van der Waals surface area contributed by atoms with Crippen LogP contribution in [0.5, 0.6) is 5.75 Å². The Hall–Kier alpha value is -1.92. The van der Waals surface area contributed by atoms with Crippen LogP contribution in [0.25, 0.3) is 0 Å². The van der Waals surface area contributed by atoms with E-state index in [1.807, 2.05) is 13.8 Å². The lowest BCUT2D eigenvalue weighted by Crippen LogP contribution is -2.39. The van der Waals surface area contributed by atoms with E-state index in [9.17, 15) is 12.8 Å². The predicted molar refractivity (Wildman–Crippen MR) is 127 cm³/mol. The summed E-state index contributed by atoms with van der Waals surface area (Å²) in [5.74, 6) is 0.766. The monoisotopic (exact) mass is 550 g/mol. The average molecular weight is 550 g/mol. The Kier molecular flexibility index (Phi) is 11.1. The third-order valence-electron chi connectivity index (χ3n) is 3.94. The van der Waals surface area contributed by atoms with Crippen molar-refractivity contribution in [2.45, 2.75) is 31.3 Å². The molecular formula is C20H28FIN4O3S. The minimum atomic E-state index is -3.68. The van der Waals surface area contributed by atoms with E-state index in [1.165, 1.54) is 24.3 Å². The fourth-order valence-corrected chi connectivity index (χ4v) is 3.06. The summed E-state index contributed by atoms with van der Waals surface area (Å²) in [5, 5.41) is 11.5. The fourth-order valence-electron chi connectivity index (χ4n) is 2.54. The van der Waals surface area contributed by atoms with Crippen molar-refractivity contribution < 1.29 is 17.5 Å². The van der Waals surface area contributed by atoms with Gasteiger partial charge in [-0.15, -0.1) is 24.0 Å². The van der Waals surface area contributed by atoms with E-state index in [-0.39, 0.29) is 40.8 Å². The summed E-state index contributed by atoms with van der Waals surface area (Å²) in [4.78, 5) is 4.58. The van der Waals surface area contributed by atoms with Gasteiger partial charge in [-0.05, 0) is 50.1 Å². The first kappa shape index (κ1) is 26.1. The van der Waals surface area contributed by atoms with E-state index in [0.29, 0.717) is 37.8 Å². The topological polar surface area (TPSA) is 106 Å². The van der Waals surface area contributed by atoms with Gasteiger partial charge in [0.05, 0.1) is 11.4 Å². The van der Waals surface area contributed by atoms with Crippen LogP contribution in [0.4, 0.5) is 4.39 Å². The van der Waals surface area contributed by atoms with Gasteiger partial charge in [-0.3, -0.25) is 0 Å². The molecule has 0 heterocycles. The van der Waals surface area contributed by atoms with Gasteiger partial charge in [0.1, 0.15) is 17.7 Å². The van der Waals surface area contributed by atoms with Crippen LogP contribution in [-0.2, 0) is 16.4 Å². The quantitative estimate of drug-likeness (QED) is 0.253. The number of hydrogen-bond donors (Lipinski definition) is 3. The smallest absolute Gasteiger partial charge is 0.238 e. The van der Waals surface area contributed by atoms with E-state index < -0.39 is 10.0 Å². The third kappa shape index (κ3) is 9.26. The van der Waals surface area contributed by atoms with Crippen molar-refractivity contribution in [1.82, 2.24) is 10.6 Å². The molecule has 0 aliphatic carbocycles. The van der Waals surface area contributed by atoms with Crippen LogP contribution in [0.1, 0.15) is 19.4 Å². The number of ether oxygens (including phenoxy) is 1. The molecule has 0 radical (unpaired) electrons. The highest BCUT2D eigenvalue weighted by Gasteiger charge is 2.07. The fraction of sp³-hybridized carbons (Fsp3) is 0.350. The zero-order chi connectivity index (χ0) is 21.3. The summed E-state index contributed by atoms with van der Waals surface area (Å²) in [6.45, 7) is 5.55. The third-order valence-corrected chi connectivity index (χ3v) is 4.87. The molecule has 0 aromatic heterocycles. The van der Waals surface area contributed by atoms with E-state index in [4.69, 9.17) is 9.88 Å². The van der Waals surface area contributed by atoms with Crippen molar-refractivity contribution in [2.75, 3.05) is 19.6 Å². The molecule has 1 atom stereocenters. The van der Waals surface area contributed by atoms with Crippen molar-refractivity contribution in [3.8, 4) is 5.75 Å². The summed E-state index contributed by atoms with van der Waals surface area (Å²) < 4.78 is 41.5. The first-order valence-corrected chi connectivity index (χ1v) is 10.9. The van der Waals surface area contributed by atoms with Crippen LogP contribution < -0.4 is 20.5 Å². The number of nitrogens with zero attached hydrogens (tertiary/aromatic N) is 1. The SMILES string of the molecule is CCNC(=NCC(C)Oc1cccc(F)c1)NCCc1ccc(S(N)(=O)=O)cc1.I. The van der Waals surface area contributed by atoms with Crippen molar-refractivity contribution in [1.29, 1.82) is 0 Å². The molecular weight excluding hydrogens is 522 g/mol. The molecule has 0 fully saturated rings. The maximum absolute atomic E-state index is 13.2. The van der Waals surface area contributed by atoms with Gasteiger partial charge in [0.25, 0.3) is 0 Å².